The van der Waals surface area contributed by atoms with Gasteiger partial charge in [-0.1, -0.05) is 31.6 Å². The summed E-state index contributed by atoms with van der Waals surface area (Å²) in [5.74, 6) is 0.164. The molecule has 6 heteroatoms. The summed E-state index contributed by atoms with van der Waals surface area (Å²) in [5.41, 5.74) is -0.117. The second-order valence-electron chi connectivity index (χ2n) is 4.30. The van der Waals surface area contributed by atoms with Gasteiger partial charge in [-0.3, -0.25) is 14.9 Å². The molecule has 0 aliphatic carbocycles. The Balaban J connectivity index is 2.80. The molecule has 0 bridgehead atoms. The number of ether oxygens (including phenoxy) is 1. The molecule has 1 atom stereocenters. The Kier molecular flexibility index (Phi) is 5.27. The Morgan fingerprint density at radius 2 is 2.28 bits per heavy atom. The number of nitrogens with zero attached hydrogens (tertiary/aromatic N) is 1. The lowest BCUT2D eigenvalue weighted by molar-refractivity contribution is -0.385. The van der Waals surface area contributed by atoms with Crippen LogP contribution in [-0.4, -0.2) is 17.3 Å². The average molecular weight is 271 g/mol. The fourth-order valence-electron chi connectivity index (χ4n) is 1.56. The van der Waals surface area contributed by atoms with Crippen LogP contribution in [0.1, 0.15) is 43.3 Å². The van der Waals surface area contributed by atoms with Gasteiger partial charge in [-0.05, 0) is 19.3 Å². The number of hydrogen-bond acceptors (Lipinski definition) is 5. The first-order valence-corrected chi connectivity index (χ1v) is 6.69. The van der Waals surface area contributed by atoms with E-state index in [0.717, 1.165) is 24.2 Å². The third kappa shape index (κ3) is 3.80. The van der Waals surface area contributed by atoms with Gasteiger partial charge in [0.25, 0.3) is 5.06 Å². The van der Waals surface area contributed by atoms with Crippen LogP contribution in [0.3, 0.4) is 0 Å². The fourth-order valence-corrected chi connectivity index (χ4v) is 2.44. The highest BCUT2D eigenvalue weighted by atomic mass is 32.1. The lowest BCUT2D eigenvalue weighted by Crippen LogP contribution is -2.08. The van der Waals surface area contributed by atoms with E-state index >= 15 is 0 Å². The van der Waals surface area contributed by atoms with Crippen LogP contribution in [0.25, 0.3) is 0 Å². The predicted molar refractivity (Wildman–Crippen MR) is 70.5 cm³/mol. The van der Waals surface area contributed by atoms with Crippen molar-refractivity contribution in [1.29, 1.82) is 0 Å². The molecular formula is C12H17NO4S. The summed E-state index contributed by atoms with van der Waals surface area (Å²) in [6.45, 7) is 5.94. The molecule has 18 heavy (non-hydrogen) atoms. The number of hydrogen-bond donors (Lipinski definition) is 0. The van der Waals surface area contributed by atoms with Crippen molar-refractivity contribution >= 4 is 22.8 Å². The van der Waals surface area contributed by atoms with Gasteiger partial charge in [0.1, 0.15) is 0 Å². The van der Waals surface area contributed by atoms with Gasteiger partial charge in [0.2, 0.25) is 0 Å². The number of carbonyl (C=O) groups excluding carboxylic acids is 1. The fraction of sp³-hybridized carbons (Fsp3) is 0.583. The summed E-state index contributed by atoms with van der Waals surface area (Å²) in [6.07, 6.45) is 2.06. The molecule has 0 saturated heterocycles. The molecule has 0 N–H and O–H groups in total. The van der Waals surface area contributed by atoms with Gasteiger partial charge in [-0.2, -0.15) is 0 Å². The number of thiophene rings is 1. The van der Waals surface area contributed by atoms with Crippen molar-refractivity contribution in [1.82, 2.24) is 0 Å². The summed E-state index contributed by atoms with van der Waals surface area (Å²) in [5, 5.41) is 11.1. The number of nitro groups is 1. The van der Waals surface area contributed by atoms with Gasteiger partial charge in [-0.15, -0.1) is 0 Å². The number of carbonyl (C=O) groups is 1. The van der Waals surface area contributed by atoms with E-state index in [2.05, 4.69) is 6.92 Å². The van der Waals surface area contributed by atoms with Crippen molar-refractivity contribution in [3.63, 3.8) is 0 Å². The highest BCUT2D eigenvalue weighted by Crippen LogP contribution is 2.37. The molecule has 1 aromatic heterocycles. The Bertz CT molecular complexity index is 441. The van der Waals surface area contributed by atoms with Gasteiger partial charge in [0.05, 0.1) is 16.4 Å². The van der Waals surface area contributed by atoms with Crippen LogP contribution in [0.15, 0.2) is 6.07 Å². The molecule has 1 aromatic rings. The van der Waals surface area contributed by atoms with E-state index < -0.39 is 4.92 Å². The first-order valence-electron chi connectivity index (χ1n) is 5.87. The van der Waals surface area contributed by atoms with Crippen LogP contribution in [-0.2, 0) is 0 Å². The van der Waals surface area contributed by atoms with E-state index in [1.54, 1.807) is 0 Å². The van der Waals surface area contributed by atoms with Crippen LogP contribution < -0.4 is 4.74 Å². The molecule has 0 radical (unpaired) electrons. The molecule has 0 aliphatic rings. The molecule has 100 valence electrons. The molecule has 0 fully saturated rings. The van der Waals surface area contributed by atoms with E-state index in [-0.39, 0.29) is 16.5 Å². The van der Waals surface area contributed by atoms with Crippen molar-refractivity contribution in [2.75, 3.05) is 6.61 Å². The zero-order valence-corrected chi connectivity index (χ0v) is 11.6. The third-order valence-electron chi connectivity index (χ3n) is 2.50. The zero-order chi connectivity index (χ0) is 13.7. The first kappa shape index (κ1) is 14.6. The summed E-state index contributed by atoms with van der Waals surface area (Å²) >= 11 is 1.04. The standard InChI is InChI=1S/C12H17NO4S/c1-4-5-8(2)7-17-12-10(13(15)16)6-11(18-12)9(3)14/h6,8H,4-5,7H2,1-3H3. The smallest absolute Gasteiger partial charge is 0.323 e. The zero-order valence-electron chi connectivity index (χ0n) is 10.8. The van der Waals surface area contributed by atoms with Gasteiger partial charge in [0, 0.05) is 6.07 Å². The lowest BCUT2D eigenvalue weighted by Gasteiger charge is -2.09. The summed E-state index contributed by atoms with van der Waals surface area (Å²) in [7, 11) is 0. The topological polar surface area (TPSA) is 69.4 Å². The van der Waals surface area contributed by atoms with E-state index in [1.165, 1.54) is 13.0 Å². The molecular weight excluding hydrogens is 254 g/mol. The second kappa shape index (κ2) is 6.49. The van der Waals surface area contributed by atoms with Gasteiger partial charge < -0.3 is 4.74 Å². The minimum Gasteiger partial charge on any atom is -0.479 e. The van der Waals surface area contributed by atoms with Gasteiger partial charge >= 0.3 is 5.69 Å². The number of ketones is 1. The van der Waals surface area contributed by atoms with Crippen molar-refractivity contribution in [3.8, 4) is 5.06 Å². The Labute approximate surface area is 110 Å². The maximum Gasteiger partial charge on any atom is 0.323 e. The van der Waals surface area contributed by atoms with E-state index in [9.17, 15) is 14.9 Å². The number of rotatable bonds is 7. The molecule has 1 rings (SSSR count). The van der Waals surface area contributed by atoms with Crippen molar-refractivity contribution in [2.45, 2.75) is 33.6 Å². The van der Waals surface area contributed by atoms with Crippen molar-refractivity contribution < 1.29 is 14.5 Å². The Morgan fingerprint density at radius 3 is 2.78 bits per heavy atom. The predicted octanol–water partition coefficient (Wildman–Crippen LogP) is 3.67. The molecule has 1 heterocycles. The quantitative estimate of drug-likeness (QED) is 0.431. The average Bonchev–Trinajstić information content (AvgIpc) is 2.71. The van der Waals surface area contributed by atoms with Crippen LogP contribution >= 0.6 is 11.3 Å². The monoisotopic (exact) mass is 271 g/mol. The minimum atomic E-state index is -0.511. The Hall–Kier alpha value is -1.43. The van der Waals surface area contributed by atoms with Gasteiger partial charge in [-0.25, -0.2) is 0 Å². The molecule has 0 aliphatic heterocycles. The molecule has 0 amide bonds. The molecule has 5 nitrogen and oxygen atoms in total. The summed E-state index contributed by atoms with van der Waals surface area (Å²) < 4.78 is 5.47. The third-order valence-corrected chi connectivity index (χ3v) is 3.64. The molecule has 1 unspecified atom stereocenters. The van der Waals surface area contributed by atoms with Crippen LogP contribution in [0.4, 0.5) is 5.69 Å². The Morgan fingerprint density at radius 1 is 1.61 bits per heavy atom. The van der Waals surface area contributed by atoms with E-state index in [4.69, 9.17) is 4.74 Å². The SMILES string of the molecule is CCCC(C)COc1sc(C(C)=O)cc1[N+](=O)[O-]. The lowest BCUT2D eigenvalue weighted by atomic mass is 10.1. The number of Topliss-reactive ketones (excluding diaryl/α,β-unsaturated/α-hetero) is 1. The van der Waals surface area contributed by atoms with Crippen LogP contribution in [0.2, 0.25) is 0 Å². The minimum absolute atomic E-state index is 0.117. The maximum absolute atomic E-state index is 11.2. The maximum atomic E-state index is 11.2. The molecule has 0 saturated carbocycles. The van der Waals surface area contributed by atoms with Crippen LogP contribution in [0, 0.1) is 16.0 Å². The highest BCUT2D eigenvalue weighted by Gasteiger charge is 2.22. The van der Waals surface area contributed by atoms with Crippen molar-refractivity contribution in [2.24, 2.45) is 5.92 Å². The summed E-state index contributed by atoms with van der Waals surface area (Å²) in [6, 6.07) is 1.28. The molecule has 0 aromatic carbocycles. The first-order chi connectivity index (χ1) is 8.45. The highest BCUT2D eigenvalue weighted by molar-refractivity contribution is 7.16. The normalized spacial score (nSPS) is 12.2. The largest absolute Gasteiger partial charge is 0.479 e. The van der Waals surface area contributed by atoms with Crippen LogP contribution in [0.5, 0.6) is 5.06 Å². The van der Waals surface area contributed by atoms with Gasteiger partial charge in [0.15, 0.2) is 5.78 Å². The van der Waals surface area contributed by atoms with E-state index in [1.807, 2.05) is 6.92 Å². The molecule has 0 spiro atoms. The summed E-state index contributed by atoms with van der Waals surface area (Å²) in [4.78, 5) is 21.9. The second-order valence-corrected chi connectivity index (χ2v) is 5.32. The van der Waals surface area contributed by atoms with Crippen molar-refractivity contribution in [3.05, 3.63) is 21.1 Å². The van der Waals surface area contributed by atoms with E-state index in [0.29, 0.717) is 17.4 Å².